The van der Waals surface area contributed by atoms with Crippen LogP contribution in [-0.4, -0.2) is 108 Å². The third-order valence-corrected chi connectivity index (χ3v) is 12.8. The van der Waals surface area contributed by atoms with E-state index in [2.05, 4.69) is 83.7 Å². The fraction of sp³-hybridized carbons (Fsp3) is 0.745. The van der Waals surface area contributed by atoms with Crippen LogP contribution < -0.4 is 0 Å². The standard InChI is InChI=1S/C47H83O19P3/c1-3-5-7-9-11-13-15-17-18-19-20-21-22-24-26-28-30-32-34-36-41(49)63-39(37-61-40(48)35-33-31-29-27-25-23-16-14-12-10-8-6-4-2)38-62-69(59,60)66-45-42(50)43(51)46(64-67(53,54)55)47(44(45)52)65-68(56,57)58/h8,10-11,13-14,16-18,20-21,39,42-47,50-52H,3-7,9,12,15,19,22-38H2,1-2H3,(H,59,60)(H2,53,54,55)(H2,56,57,58)/t39-,42?,43?,44?,45+,46?,47+/m1/s1. The van der Waals surface area contributed by atoms with Crippen molar-refractivity contribution in [3.8, 4) is 0 Å². The molecule has 1 rings (SSSR count). The summed E-state index contributed by atoms with van der Waals surface area (Å²) in [5.41, 5.74) is 0. The number of phosphoric ester groups is 3. The number of ether oxygens (including phenoxy) is 2. The quantitative estimate of drug-likeness (QED) is 0.0122. The first kappa shape index (κ1) is 64.9. The molecule has 0 bridgehead atoms. The number of unbranched alkanes of at least 4 members (excludes halogenated alkanes) is 15. The first-order valence-electron chi connectivity index (χ1n) is 24.6. The molecule has 69 heavy (non-hydrogen) atoms. The second-order valence-corrected chi connectivity index (χ2v) is 20.8. The van der Waals surface area contributed by atoms with Crippen molar-refractivity contribution in [3.63, 3.8) is 0 Å². The fourth-order valence-electron chi connectivity index (χ4n) is 7.10. The van der Waals surface area contributed by atoms with Crippen LogP contribution in [0.2, 0.25) is 0 Å². The lowest BCUT2D eigenvalue weighted by Crippen LogP contribution is -2.65. The second-order valence-electron chi connectivity index (χ2n) is 17.0. The largest absolute Gasteiger partial charge is 0.472 e. The van der Waals surface area contributed by atoms with Gasteiger partial charge in [-0.2, -0.15) is 0 Å². The number of hydrogen-bond acceptors (Lipinski definition) is 14. The van der Waals surface area contributed by atoms with Gasteiger partial charge < -0.3 is 49.3 Å². The van der Waals surface area contributed by atoms with E-state index >= 15 is 0 Å². The lowest BCUT2D eigenvalue weighted by molar-refractivity contribution is -0.213. The van der Waals surface area contributed by atoms with Gasteiger partial charge in [-0.25, -0.2) is 13.7 Å². The third kappa shape index (κ3) is 34.8. The number of hydrogen-bond donors (Lipinski definition) is 8. The minimum absolute atomic E-state index is 0.0222. The summed E-state index contributed by atoms with van der Waals surface area (Å²) in [6, 6.07) is 0. The molecule has 0 amide bonds. The van der Waals surface area contributed by atoms with E-state index in [1.54, 1.807) is 0 Å². The van der Waals surface area contributed by atoms with Gasteiger partial charge in [-0.3, -0.25) is 27.7 Å². The number of allylic oxidation sites excluding steroid dienone is 10. The minimum Gasteiger partial charge on any atom is -0.462 e. The third-order valence-electron chi connectivity index (χ3n) is 10.8. The molecule has 0 saturated heterocycles. The minimum atomic E-state index is -5.61. The van der Waals surface area contributed by atoms with E-state index < -0.39 is 91.3 Å². The zero-order valence-corrected chi connectivity index (χ0v) is 43.3. The Balaban J connectivity index is 2.72. The van der Waals surface area contributed by atoms with Gasteiger partial charge in [0, 0.05) is 12.8 Å². The summed E-state index contributed by atoms with van der Waals surface area (Å²) in [7, 11) is -16.6. The Hall–Kier alpha value is -2.15. The van der Waals surface area contributed by atoms with Crippen molar-refractivity contribution in [2.45, 2.75) is 211 Å². The number of esters is 2. The molecule has 22 heteroatoms. The van der Waals surface area contributed by atoms with E-state index in [0.29, 0.717) is 12.8 Å². The molecule has 1 saturated carbocycles. The van der Waals surface area contributed by atoms with Gasteiger partial charge in [0.15, 0.2) is 6.10 Å². The zero-order valence-electron chi connectivity index (χ0n) is 40.6. The van der Waals surface area contributed by atoms with Crippen LogP contribution in [0, 0.1) is 0 Å². The van der Waals surface area contributed by atoms with Crippen molar-refractivity contribution in [1.29, 1.82) is 0 Å². The van der Waals surface area contributed by atoms with Crippen LogP contribution in [0.3, 0.4) is 0 Å². The molecule has 1 aliphatic rings. The Bertz CT molecular complexity index is 1670. The van der Waals surface area contributed by atoms with Crippen LogP contribution >= 0.6 is 23.5 Å². The molecule has 0 heterocycles. The number of carbonyl (C=O) groups excluding carboxylic acids is 2. The maximum atomic E-state index is 13.1. The van der Waals surface area contributed by atoms with Gasteiger partial charge in [0.05, 0.1) is 6.61 Å². The molecule has 0 aromatic carbocycles. The van der Waals surface area contributed by atoms with E-state index in [1.165, 1.54) is 19.3 Å². The molecule has 8 atom stereocenters. The van der Waals surface area contributed by atoms with E-state index in [1.807, 2.05) is 0 Å². The van der Waals surface area contributed by atoms with Gasteiger partial charge in [0.2, 0.25) is 0 Å². The molecule has 0 spiro atoms. The van der Waals surface area contributed by atoms with Gasteiger partial charge in [0.1, 0.15) is 43.2 Å². The van der Waals surface area contributed by atoms with Crippen molar-refractivity contribution >= 4 is 35.4 Å². The van der Waals surface area contributed by atoms with Crippen molar-refractivity contribution in [3.05, 3.63) is 60.8 Å². The average Bonchev–Trinajstić information content (AvgIpc) is 3.28. The lowest BCUT2D eigenvalue weighted by atomic mass is 9.85. The number of carbonyl (C=O) groups is 2. The number of aliphatic hydroxyl groups excluding tert-OH is 3. The van der Waals surface area contributed by atoms with Crippen molar-refractivity contribution in [1.82, 2.24) is 0 Å². The van der Waals surface area contributed by atoms with Gasteiger partial charge in [-0.15, -0.1) is 0 Å². The molecule has 0 aliphatic heterocycles. The van der Waals surface area contributed by atoms with Crippen molar-refractivity contribution < 1.29 is 90.6 Å². The molecule has 8 N–H and O–H groups in total. The topological polar surface area (TPSA) is 303 Å². The SMILES string of the molecule is CCCC=CCC=CCCCCCCCC(=O)OC[C@H](COP(=O)(O)O[C@H]1C(O)C(O)C(OP(=O)(O)O)[C@@H](OP(=O)(O)O)C1O)OC(=O)CCCCCCCCC=CCC=CCC=CCCCCC. The van der Waals surface area contributed by atoms with Crippen LogP contribution in [0.4, 0.5) is 0 Å². The Kier molecular flexibility index (Phi) is 36.2. The highest BCUT2D eigenvalue weighted by Gasteiger charge is 2.56. The monoisotopic (exact) mass is 1040 g/mol. The molecule has 400 valence electrons. The number of aliphatic hydroxyl groups is 3. The van der Waals surface area contributed by atoms with Crippen LogP contribution in [0.25, 0.3) is 0 Å². The Morgan fingerprint density at radius 1 is 0.464 bits per heavy atom. The molecule has 5 unspecified atom stereocenters. The van der Waals surface area contributed by atoms with E-state index in [0.717, 1.165) is 109 Å². The van der Waals surface area contributed by atoms with Crippen LogP contribution in [0.15, 0.2) is 60.8 Å². The van der Waals surface area contributed by atoms with Gasteiger partial charge >= 0.3 is 35.4 Å². The number of phosphoric acid groups is 3. The second kappa shape index (κ2) is 38.5. The van der Waals surface area contributed by atoms with E-state index in [-0.39, 0.29) is 12.8 Å². The summed E-state index contributed by atoms with van der Waals surface area (Å²) in [4.78, 5) is 73.3. The highest BCUT2D eigenvalue weighted by molar-refractivity contribution is 7.47. The summed E-state index contributed by atoms with van der Waals surface area (Å²) in [5, 5.41) is 31.9. The molecule has 0 radical (unpaired) electrons. The molecule has 1 fully saturated rings. The Morgan fingerprint density at radius 3 is 1.35 bits per heavy atom. The molecule has 1 aliphatic carbocycles. The maximum Gasteiger partial charge on any atom is 0.472 e. The fourth-order valence-corrected chi connectivity index (χ4v) is 9.19. The summed E-state index contributed by atoms with van der Waals surface area (Å²) in [5.74, 6) is -1.33. The molecular weight excluding hydrogens is 961 g/mol. The average molecular weight is 1050 g/mol. The normalized spacial score (nSPS) is 21.8. The molecular formula is C47H83O19P3. The van der Waals surface area contributed by atoms with Crippen LogP contribution in [0.1, 0.15) is 168 Å². The Labute approximate surface area is 409 Å². The maximum absolute atomic E-state index is 13.1. The summed E-state index contributed by atoms with van der Waals surface area (Å²) >= 11 is 0. The highest BCUT2D eigenvalue weighted by atomic mass is 31.2. The number of rotatable bonds is 41. The first-order valence-corrected chi connectivity index (χ1v) is 29.1. The molecule has 0 aromatic rings. The van der Waals surface area contributed by atoms with Gasteiger partial charge in [0.25, 0.3) is 0 Å². The summed E-state index contributed by atoms with van der Waals surface area (Å²) < 4.78 is 65.5. The van der Waals surface area contributed by atoms with Crippen LogP contribution in [0.5, 0.6) is 0 Å². The van der Waals surface area contributed by atoms with Crippen molar-refractivity contribution in [2.75, 3.05) is 13.2 Å². The van der Waals surface area contributed by atoms with Gasteiger partial charge in [-0.1, -0.05) is 139 Å². The summed E-state index contributed by atoms with van der Waals surface area (Å²) in [6.07, 6.45) is 26.6. The van der Waals surface area contributed by atoms with E-state index in [9.17, 15) is 63.1 Å². The zero-order chi connectivity index (χ0) is 51.4. The van der Waals surface area contributed by atoms with Crippen molar-refractivity contribution in [2.24, 2.45) is 0 Å². The smallest absolute Gasteiger partial charge is 0.462 e. The summed E-state index contributed by atoms with van der Waals surface area (Å²) in [6.45, 7) is 2.83. The Morgan fingerprint density at radius 2 is 0.870 bits per heavy atom. The predicted octanol–water partition coefficient (Wildman–Crippen LogP) is 9.18. The van der Waals surface area contributed by atoms with Gasteiger partial charge in [-0.05, 0) is 77.0 Å². The first-order chi connectivity index (χ1) is 32.8. The van der Waals surface area contributed by atoms with E-state index in [4.69, 9.17) is 18.5 Å². The predicted molar refractivity (Wildman–Crippen MR) is 261 cm³/mol. The van der Waals surface area contributed by atoms with Crippen LogP contribution in [-0.2, 0) is 50.9 Å². The molecule has 0 aromatic heterocycles. The molecule has 19 nitrogen and oxygen atoms in total. The highest BCUT2D eigenvalue weighted by Crippen LogP contribution is 2.51. The lowest BCUT2D eigenvalue weighted by Gasteiger charge is -2.44.